The van der Waals surface area contributed by atoms with Crippen molar-refractivity contribution in [2.45, 2.75) is 57.6 Å². The van der Waals surface area contributed by atoms with E-state index in [1.807, 2.05) is 82.3 Å². The van der Waals surface area contributed by atoms with Gasteiger partial charge in [0.25, 0.3) is 10.0 Å². The first kappa shape index (κ1) is 36.8. The summed E-state index contributed by atoms with van der Waals surface area (Å²) in [5, 5.41) is 2.98. The van der Waals surface area contributed by atoms with Gasteiger partial charge in [0.15, 0.2) is 11.5 Å². The maximum atomic E-state index is 14.7. The number of aryl methyl sites for hydroxylation is 1. The number of carbonyl (C=O) groups is 2. The largest absolute Gasteiger partial charge is 0.494 e. The lowest BCUT2D eigenvalue weighted by atomic mass is 10.0. The molecule has 1 N–H and O–H groups in total. The Morgan fingerprint density at radius 3 is 2.10 bits per heavy atom. The molecule has 4 rings (SSSR count). The van der Waals surface area contributed by atoms with E-state index in [1.54, 1.807) is 24.3 Å². The Bertz CT molecular complexity index is 1810. The highest BCUT2D eigenvalue weighted by molar-refractivity contribution is 7.92. The summed E-state index contributed by atoms with van der Waals surface area (Å²) in [6.45, 7) is 7.43. The van der Waals surface area contributed by atoms with E-state index in [9.17, 15) is 18.0 Å². The number of carbonyl (C=O) groups excluding carboxylic acids is 2. The van der Waals surface area contributed by atoms with Gasteiger partial charge in [-0.05, 0) is 80.8 Å². The van der Waals surface area contributed by atoms with Gasteiger partial charge in [-0.1, -0.05) is 54.6 Å². The van der Waals surface area contributed by atoms with Crippen LogP contribution in [0.5, 0.6) is 17.2 Å². The molecular weight excluding hydrogens is 642 g/mol. The van der Waals surface area contributed by atoms with Crippen molar-refractivity contribution in [3.05, 3.63) is 114 Å². The van der Waals surface area contributed by atoms with Gasteiger partial charge in [-0.3, -0.25) is 13.9 Å². The molecule has 0 fully saturated rings. The third kappa shape index (κ3) is 9.32. The number of benzene rings is 4. The first-order chi connectivity index (χ1) is 23.5. The van der Waals surface area contributed by atoms with Gasteiger partial charge in [0.1, 0.15) is 18.3 Å². The summed E-state index contributed by atoms with van der Waals surface area (Å²) in [5.74, 6) is 0.234. The van der Waals surface area contributed by atoms with Gasteiger partial charge in [0.2, 0.25) is 11.8 Å². The Hall–Kier alpha value is -5.03. The highest BCUT2D eigenvalue weighted by Gasteiger charge is 2.35. The van der Waals surface area contributed by atoms with Crippen molar-refractivity contribution >= 4 is 27.5 Å². The van der Waals surface area contributed by atoms with E-state index < -0.39 is 28.5 Å². The Balaban J connectivity index is 1.84. The summed E-state index contributed by atoms with van der Waals surface area (Å²) in [6.07, 6.45) is 0.225. The average molecular weight is 688 g/mol. The van der Waals surface area contributed by atoms with Gasteiger partial charge in [0, 0.05) is 25.1 Å². The molecule has 0 aliphatic rings. The second-order valence-corrected chi connectivity index (χ2v) is 13.6. The molecule has 260 valence electrons. The molecule has 0 aliphatic carbocycles. The molecule has 2 amide bonds. The number of rotatable bonds is 16. The first-order valence-corrected chi connectivity index (χ1v) is 17.6. The van der Waals surface area contributed by atoms with Crippen LogP contribution in [0.3, 0.4) is 0 Å². The Morgan fingerprint density at radius 1 is 0.837 bits per heavy atom. The van der Waals surface area contributed by atoms with Crippen LogP contribution >= 0.6 is 0 Å². The molecule has 0 bridgehead atoms. The van der Waals surface area contributed by atoms with Crippen LogP contribution < -0.4 is 23.8 Å². The monoisotopic (exact) mass is 687 g/mol. The Kier molecular flexibility index (Phi) is 12.7. The lowest BCUT2D eigenvalue weighted by molar-refractivity contribution is -0.140. The predicted molar refractivity (Wildman–Crippen MR) is 191 cm³/mol. The summed E-state index contributed by atoms with van der Waals surface area (Å²) in [4.78, 5) is 30.0. The quantitative estimate of drug-likeness (QED) is 0.159. The fraction of sp³-hybridized carbons (Fsp3) is 0.316. The van der Waals surface area contributed by atoms with Crippen molar-refractivity contribution < 1.29 is 32.2 Å². The van der Waals surface area contributed by atoms with Crippen LogP contribution in [-0.2, 0) is 32.6 Å². The van der Waals surface area contributed by atoms with Crippen LogP contribution in [0.1, 0.15) is 37.5 Å². The lowest BCUT2D eigenvalue weighted by Crippen LogP contribution is -2.54. The van der Waals surface area contributed by atoms with E-state index in [1.165, 1.54) is 37.3 Å². The highest BCUT2D eigenvalue weighted by atomic mass is 32.2. The van der Waals surface area contributed by atoms with Crippen molar-refractivity contribution in [3.63, 3.8) is 0 Å². The van der Waals surface area contributed by atoms with Gasteiger partial charge in [-0.15, -0.1) is 0 Å². The van der Waals surface area contributed by atoms with E-state index >= 15 is 0 Å². The zero-order valence-electron chi connectivity index (χ0n) is 28.9. The van der Waals surface area contributed by atoms with Gasteiger partial charge >= 0.3 is 0 Å². The number of ether oxygens (including phenoxy) is 3. The molecule has 49 heavy (non-hydrogen) atoms. The zero-order valence-corrected chi connectivity index (χ0v) is 29.7. The molecule has 0 aromatic heterocycles. The molecule has 0 aliphatic heterocycles. The normalized spacial score (nSPS) is 11.8. The van der Waals surface area contributed by atoms with E-state index in [0.717, 1.165) is 21.0 Å². The predicted octanol–water partition coefficient (Wildman–Crippen LogP) is 5.77. The summed E-state index contributed by atoms with van der Waals surface area (Å²) in [5.41, 5.74) is 2.87. The lowest BCUT2D eigenvalue weighted by Gasteiger charge is -2.34. The van der Waals surface area contributed by atoms with Crippen molar-refractivity contribution in [2.75, 3.05) is 31.7 Å². The molecule has 4 aromatic carbocycles. The summed E-state index contributed by atoms with van der Waals surface area (Å²) in [6, 6.07) is 26.7. The maximum absolute atomic E-state index is 14.7. The standard InChI is InChI=1S/C38H45N3O7S/c1-7-48-32-19-17-31(18-20-32)41(49(44,45)33-21-22-35(46-5)36(24-33)47-6)26-37(42)40(25-30-16-12-11-13-28(30)4)34(38(43)39-27(2)3)23-29-14-9-8-10-15-29/h8-22,24,27,34H,7,23,25-26H2,1-6H3,(H,39,43)/t34-/m0/s1. The Labute approximate surface area is 289 Å². The molecule has 0 unspecified atom stereocenters. The van der Waals surface area contributed by atoms with Crippen molar-refractivity contribution in [3.8, 4) is 17.2 Å². The topological polar surface area (TPSA) is 114 Å². The molecule has 0 spiro atoms. The summed E-state index contributed by atoms with van der Waals surface area (Å²) >= 11 is 0. The molecule has 0 saturated heterocycles. The van der Waals surface area contributed by atoms with Crippen LogP contribution in [0, 0.1) is 6.92 Å². The van der Waals surface area contributed by atoms with Crippen LogP contribution in [0.4, 0.5) is 5.69 Å². The smallest absolute Gasteiger partial charge is 0.264 e. The molecule has 0 heterocycles. The molecule has 0 saturated carbocycles. The number of anilines is 1. The molecule has 1 atom stereocenters. The summed E-state index contributed by atoms with van der Waals surface area (Å²) in [7, 11) is -1.48. The number of sulfonamides is 1. The van der Waals surface area contributed by atoms with E-state index in [-0.39, 0.29) is 41.2 Å². The number of hydrogen-bond donors (Lipinski definition) is 1. The van der Waals surface area contributed by atoms with Gasteiger partial charge in [-0.25, -0.2) is 8.42 Å². The molecule has 11 heteroatoms. The van der Waals surface area contributed by atoms with Crippen LogP contribution in [0.15, 0.2) is 102 Å². The van der Waals surface area contributed by atoms with E-state index in [2.05, 4.69) is 5.32 Å². The maximum Gasteiger partial charge on any atom is 0.264 e. The third-order valence-electron chi connectivity index (χ3n) is 7.96. The molecule has 10 nitrogen and oxygen atoms in total. The fourth-order valence-electron chi connectivity index (χ4n) is 5.41. The number of amides is 2. The first-order valence-electron chi connectivity index (χ1n) is 16.1. The minimum atomic E-state index is -4.36. The van der Waals surface area contributed by atoms with Gasteiger partial charge in [0.05, 0.1) is 31.4 Å². The number of methoxy groups -OCH3 is 2. The van der Waals surface area contributed by atoms with Crippen LogP contribution in [-0.4, -0.2) is 64.6 Å². The molecule has 4 aromatic rings. The van der Waals surface area contributed by atoms with E-state index in [0.29, 0.717) is 18.1 Å². The third-order valence-corrected chi connectivity index (χ3v) is 9.73. The molecular formula is C38H45N3O7S. The van der Waals surface area contributed by atoms with E-state index in [4.69, 9.17) is 14.2 Å². The SMILES string of the molecule is CCOc1ccc(N(CC(=O)N(Cc2ccccc2C)[C@@H](Cc2ccccc2)C(=O)NC(C)C)S(=O)(=O)c2ccc(OC)c(OC)c2)cc1. The number of nitrogens with zero attached hydrogens (tertiary/aromatic N) is 2. The second-order valence-electron chi connectivity index (χ2n) is 11.8. The fourth-order valence-corrected chi connectivity index (χ4v) is 6.84. The molecule has 0 radical (unpaired) electrons. The second kappa shape index (κ2) is 16.9. The van der Waals surface area contributed by atoms with Crippen molar-refractivity contribution in [1.29, 1.82) is 0 Å². The average Bonchev–Trinajstić information content (AvgIpc) is 3.09. The van der Waals surface area contributed by atoms with Gasteiger partial charge in [-0.2, -0.15) is 0 Å². The number of nitrogens with one attached hydrogen (secondary N) is 1. The zero-order chi connectivity index (χ0) is 35.6. The minimum absolute atomic E-state index is 0.0854. The van der Waals surface area contributed by atoms with Crippen LogP contribution in [0.2, 0.25) is 0 Å². The summed E-state index contributed by atoms with van der Waals surface area (Å²) < 4.78 is 46.3. The highest BCUT2D eigenvalue weighted by Crippen LogP contribution is 2.33. The van der Waals surface area contributed by atoms with Crippen molar-refractivity contribution in [1.82, 2.24) is 10.2 Å². The van der Waals surface area contributed by atoms with Crippen LogP contribution in [0.25, 0.3) is 0 Å². The number of hydrogen-bond acceptors (Lipinski definition) is 7. The Morgan fingerprint density at radius 2 is 1.49 bits per heavy atom. The van der Waals surface area contributed by atoms with Crippen molar-refractivity contribution in [2.24, 2.45) is 0 Å². The van der Waals surface area contributed by atoms with Gasteiger partial charge < -0.3 is 24.4 Å². The minimum Gasteiger partial charge on any atom is -0.494 e.